The summed E-state index contributed by atoms with van der Waals surface area (Å²) < 4.78 is 23.8. The van der Waals surface area contributed by atoms with Crippen LogP contribution in [0.3, 0.4) is 0 Å². The summed E-state index contributed by atoms with van der Waals surface area (Å²) in [7, 11) is 3.18. The Morgan fingerprint density at radius 1 is 1.21 bits per heavy atom. The molecule has 1 N–H and O–H groups in total. The topological polar surface area (TPSA) is 43.4 Å². The first kappa shape index (κ1) is 13.1. The number of halogens is 1. The van der Waals surface area contributed by atoms with Crippen LogP contribution in [0.25, 0.3) is 0 Å². The predicted octanol–water partition coefficient (Wildman–Crippen LogP) is 2.85. The first-order chi connectivity index (χ1) is 9.24. The molecule has 0 radical (unpaired) electrons. The van der Waals surface area contributed by atoms with Crippen LogP contribution in [0.15, 0.2) is 36.5 Å². The molecule has 2 rings (SSSR count). The fourth-order valence-electron chi connectivity index (χ4n) is 1.69. The quantitative estimate of drug-likeness (QED) is 0.899. The minimum atomic E-state index is -0.380. The number of aromatic nitrogens is 1. The number of anilines is 1. The maximum atomic E-state index is 13.4. The van der Waals surface area contributed by atoms with Crippen LogP contribution < -0.4 is 14.8 Å². The number of hydrogen-bond donors (Lipinski definition) is 1. The van der Waals surface area contributed by atoms with Crippen LogP contribution in [0.1, 0.15) is 5.56 Å². The Hall–Kier alpha value is -2.30. The maximum absolute atomic E-state index is 13.4. The third-order valence-corrected chi connectivity index (χ3v) is 2.70. The Balaban J connectivity index is 2.13. The Bertz CT molecular complexity index is 561. The van der Waals surface area contributed by atoms with E-state index >= 15 is 0 Å². The summed E-state index contributed by atoms with van der Waals surface area (Å²) in [6.07, 6.45) is 1.54. The highest BCUT2D eigenvalue weighted by Crippen LogP contribution is 2.25. The maximum Gasteiger partial charge on any atom is 0.165 e. The van der Waals surface area contributed by atoms with E-state index in [1.165, 1.54) is 12.3 Å². The SMILES string of the molecule is COc1ccc(CNc2ncccc2F)c(OC)c1. The molecule has 0 aliphatic carbocycles. The van der Waals surface area contributed by atoms with E-state index < -0.39 is 0 Å². The van der Waals surface area contributed by atoms with Gasteiger partial charge in [0.05, 0.1) is 14.2 Å². The second kappa shape index (κ2) is 6.04. The van der Waals surface area contributed by atoms with Crippen molar-refractivity contribution in [1.29, 1.82) is 0 Å². The minimum absolute atomic E-state index is 0.223. The number of methoxy groups -OCH3 is 2. The smallest absolute Gasteiger partial charge is 0.165 e. The molecule has 4 nitrogen and oxygen atoms in total. The van der Waals surface area contributed by atoms with E-state index in [2.05, 4.69) is 10.3 Å². The number of nitrogens with one attached hydrogen (secondary N) is 1. The molecular formula is C14H15FN2O2. The zero-order chi connectivity index (χ0) is 13.7. The monoisotopic (exact) mass is 262 g/mol. The molecule has 0 saturated carbocycles. The molecular weight excluding hydrogens is 247 g/mol. The van der Waals surface area contributed by atoms with Gasteiger partial charge in [-0.2, -0.15) is 0 Å². The van der Waals surface area contributed by atoms with Crippen molar-refractivity contribution in [2.24, 2.45) is 0 Å². The number of hydrogen-bond acceptors (Lipinski definition) is 4. The zero-order valence-electron chi connectivity index (χ0n) is 10.8. The van der Waals surface area contributed by atoms with Crippen LogP contribution >= 0.6 is 0 Å². The molecule has 0 saturated heterocycles. The van der Waals surface area contributed by atoms with Gasteiger partial charge in [-0.25, -0.2) is 9.37 Å². The van der Waals surface area contributed by atoms with Crippen LogP contribution in [-0.2, 0) is 6.54 Å². The van der Waals surface area contributed by atoms with E-state index in [0.717, 1.165) is 5.56 Å². The van der Waals surface area contributed by atoms with Gasteiger partial charge in [-0.3, -0.25) is 0 Å². The van der Waals surface area contributed by atoms with Gasteiger partial charge in [0.1, 0.15) is 11.5 Å². The van der Waals surface area contributed by atoms with Gasteiger partial charge in [0.25, 0.3) is 0 Å². The van der Waals surface area contributed by atoms with Crippen molar-refractivity contribution < 1.29 is 13.9 Å². The van der Waals surface area contributed by atoms with Gasteiger partial charge in [0, 0.05) is 24.4 Å². The summed E-state index contributed by atoms with van der Waals surface area (Å²) in [4.78, 5) is 3.93. The van der Waals surface area contributed by atoms with Crippen LogP contribution in [0.5, 0.6) is 11.5 Å². The van der Waals surface area contributed by atoms with Crippen molar-refractivity contribution >= 4 is 5.82 Å². The Morgan fingerprint density at radius 3 is 2.74 bits per heavy atom. The first-order valence-corrected chi connectivity index (χ1v) is 5.80. The lowest BCUT2D eigenvalue weighted by Gasteiger charge is -2.11. The normalized spacial score (nSPS) is 10.1. The van der Waals surface area contributed by atoms with Crippen molar-refractivity contribution in [3.05, 3.63) is 47.9 Å². The Labute approximate surface area is 111 Å². The van der Waals surface area contributed by atoms with Gasteiger partial charge < -0.3 is 14.8 Å². The van der Waals surface area contributed by atoms with Crippen molar-refractivity contribution in [2.45, 2.75) is 6.54 Å². The standard InChI is InChI=1S/C14H15FN2O2/c1-18-11-6-5-10(13(8-11)19-2)9-17-14-12(15)4-3-7-16-14/h3-8H,9H2,1-2H3,(H,16,17). The summed E-state index contributed by atoms with van der Waals surface area (Å²) in [5, 5.41) is 2.93. The van der Waals surface area contributed by atoms with Crippen molar-refractivity contribution in [3.63, 3.8) is 0 Å². The minimum Gasteiger partial charge on any atom is -0.497 e. The highest BCUT2D eigenvalue weighted by molar-refractivity contribution is 5.44. The summed E-state index contributed by atoms with van der Waals surface area (Å²) in [5.74, 6) is 1.24. The summed E-state index contributed by atoms with van der Waals surface area (Å²) >= 11 is 0. The summed E-state index contributed by atoms with van der Waals surface area (Å²) in [6.45, 7) is 0.418. The number of rotatable bonds is 5. The van der Waals surface area contributed by atoms with Gasteiger partial charge in [0.2, 0.25) is 0 Å². The number of benzene rings is 1. The lowest BCUT2D eigenvalue weighted by Crippen LogP contribution is -2.05. The molecule has 1 aromatic carbocycles. The Kier molecular flexibility index (Phi) is 4.18. The van der Waals surface area contributed by atoms with Crippen LogP contribution in [0.2, 0.25) is 0 Å². The second-order valence-electron chi connectivity index (χ2n) is 3.87. The van der Waals surface area contributed by atoms with E-state index in [1.807, 2.05) is 12.1 Å². The number of nitrogens with zero attached hydrogens (tertiary/aromatic N) is 1. The van der Waals surface area contributed by atoms with Gasteiger partial charge in [-0.1, -0.05) is 0 Å². The molecule has 1 aromatic heterocycles. The lowest BCUT2D eigenvalue weighted by atomic mass is 10.2. The zero-order valence-corrected chi connectivity index (χ0v) is 10.8. The number of ether oxygens (including phenoxy) is 2. The molecule has 1 heterocycles. The van der Waals surface area contributed by atoms with Gasteiger partial charge in [0.15, 0.2) is 11.6 Å². The molecule has 0 aliphatic rings. The van der Waals surface area contributed by atoms with E-state index in [9.17, 15) is 4.39 Å². The summed E-state index contributed by atoms with van der Waals surface area (Å²) in [5.41, 5.74) is 0.897. The molecule has 0 unspecified atom stereocenters. The van der Waals surface area contributed by atoms with Crippen LogP contribution in [0.4, 0.5) is 10.2 Å². The largest absolute Gasteiger partial charge is 0.497 e. The van der Waals surface area contributed by atoms with E-state index in [0.29, 0.717) is 18.0 Å². The average molecular weight is 262 g/mol. The number of pyridine rings is 1. The van der Waals surface area contributed by atoms with Crippen LogP contribution in [0, 0.1) is 5.82 Å². The highest BCUT2D eigenvalue weighted by atomic mass is 19.1. The highest BCUT2D eigenvalue weighted by Gasteiger charge is 2.07. The van der Waals surface area contributed by atoms with Gasteiger partial charge in [-0.15, -0.1) is 0 Å². The molecule has 0 fully saturated rings. The summed E-state index contributed by atoms with van der Waals surface area (Å²) in [6, 6.07) is 8.39. The lowest BCUT2D eigenvalue weighted by molar-refractivity contribution is 0.391. The average Bonchev–Trinajstić information content (AvgIpc) is 2.46. The van der Waals surface area contributed by atoms with Crippen molar-refractivity contribution in [2.75, 3.05) is 19.5 Å². The van der Waals surface area contributed by atoms with Gasteiger partial charge >= 0.3 is 0 Å². The first-order valence-electron chi connectivity index (χ1n) is 5.80. The van der Waals surface area contributed by atoms with E-state index in [-0.39, 0.29) is 11.6 Å². The molecule has 19 heavy (non-hydrogen) atoms. The third kappa shape index (κ3) is 3.13. The Morgan fingerprint density at radius 2 is 2.05 bits per heavy atom. The van der Waals surface area contributed by atoms with Crippen LogP contribution in [-0.4, -0.2) is 19.2 Å². The fraction of sp³-hybridized carbons (Fsp3) is 0.214. The molecule has 5 heteroatoms. The predicted molar refractivity (Wildman–Crippen MR) is 71.1 cm³/mol. The molecule has 0 bridgehead atoms. The van der Waals surface area contributed by atoms with Crippen molar-refractivity contribution in [1.82, 2.24) is 4.98 Å². The van der Waals surface area contributed by atoms with Crippen molar-refractivity contribution in [3.8, 4) is 11.5 Å². The molecule has 2 aromatic rings. The third-order valence-electron chi connectivity index (χ3n) is 2.70. The van der Waals surface area contributed by atoms with E-state index in [4.69, 9.17) is 9.47 Å². The fourth-order valence-corrected chi connectivity index (χ4v) is 1.69. The van der Waals surface area contributed by atoms with E-state index in [1.54, 1.807) is 26.4 Å². The van der Waals surface area contributed by atoms with Gasteiger partial charge in [-0.05, 0) is 24.3 Å². The molecule has 0 atom stereocenters. The molecule has 0 aliphatic heterocycles. The second-order valence-corrected chi connectivity index (χ2v) is 3.87. The molecule has 0 amide bonds. The molecule has 0 spiro atoms. The molecule has 100 valence electrons.